The Balaban J connectivity index is 1.57. The third-order valence-corrected chi connectivity index (χ3v) is 7.87. The molecule has 0 saturated carbocycles. The summed E-state index contributed by atoms with van der Waals surface area (Å²) in [7, 11) is 0.328. The highest BCUT2D eigenvalue weighted by Crippen LogP contribution is 2.46. The molecule has 1 unspecified atom stereocenters. The first-order chi connectivity index (χ1) is 12.7. The molecule has 2 bridgehead atoms. The summed E-state index contributed by atoms with van der Waals surface area (Å²) in [6, 6.07) is 2.63. The van der Waals surface area contributed by atoms with Gasteiger partial charge in [0.2, 0.25) is 10.0 Å². The zero-order chi connectivity index (χ0) is 19.4. The topological polar surface area (TPSA) is 116 Å². The van der Waals surface area contributed by atoms with E-state index in [2.05, 4.69) is 10.2 Å². The predicted molar refractivity (Wildman–Crippen MR) is 95.8 cm³/mol. The van der Waals surface area contributed by atoms with Gasteiger partial charge in [0.05, 0.1) is 12.6 Å². The molecule has 4 rings (SSSR count). The van der Waals surface area contributed by atoms with Gasteiger partial charge in [0, 0.05) is 32.2 Å². The standard InChI is InChI=1S/C16H23N5O5S/c1-19(2)5-6-21-10-16-9-20(15(23)12-3-4-14(22)18-17-12)8-11(26-16)7-13(16)27(21,24)25/h3-4,11,13H,5-10H2,1-2H3,(H,18,22)/t11-,13+,16?/m1/s1. The van der Waals surface area contributed by atoms with E-state index in [0.29, 0.717) is 26.1 Å². The summed E-state index contributed by atoms with van der Waals surface area (Å²) in [5, 5.41) is 5.43. The maximum Gasteiger partial charge on any atom is 0.274 e. The van der Waals surface area contributed by atoms with Crippen molar-refractivity contribution in [1.82, 2.24) is 24.3 Å². The number of carbonyl (C=O) groups excluding carboxylic acids is 1. The molecule has 27 heavy (non-hydrogen) atoms. The lowest BCUT2D eigenvalue weighted by molar-refractivity contribution is -0.0978. The molecule has 1 N–H and O–H groups in total. The number of carbonyl (C=O) groups is 1. The molecular weight excluding hydrogens is 374 g/mol. The lowest BCUT2D eigenvalue weighted by atomic mass is 9.99. The minimum atomic E-state index is -3.46. The molecule has 3 fully saturated rings. The fraction of sp³-hybridized carbons (Fsp3) is 0.688. The molecule has 3 aliphatic heterocycles. The van der Waals surface area contributed by atoms with Crippen molar-refractivity contribution in [3.63, 3.8) is 0 Å². The normalized spacial score (nSPS) is 32.0. The van der Waals surface area contributed by atoms with Gasteiger partial charge in [-0.25, -0.2) is 13.5 Å². The van der Waals surface area contributed by atoms with Crippen molar-refractivity contribution in [3.8, 4) is 0 Å². The molecule has 0 radical (unpaired) electrons. The van der Waals surface area contributed by atoms with Crippen molar-refractivity contribution in [1.29, 1.82) is 0 Å². The van der Waals surface area contributed by atoms with Crippen LogP contribution in [0, 0.1) is 0 Å². The van der Waals surface area contributed by atoms with Crippen LogP contribution in [0.3, 0.4) is 0 Å². The number of likely N-dealkylation sites (tertiary alicyclic amines) is 1. The number of nitrogens with one attached hydrogen (secondary N) is 1. The third-order valence-electron chi connectivity index (χ3n) is 5.49. The molecule has 3 aliphatic rings. The molecule has 0 aromatic carbocycles. The summed E-state index contributed by atoms with van der Waals surface area (Å²) in [5.41, 5.74) is -1.15. The quantitative estimate of drug-likeness (QED) is 0.646. The van der Waals surface area contributed by atoms with Gasteiger partial charge in [-0.15, -0.1) is 0 Å². The van der Waals surface area contributed by atoms with E-state index in [-0.39, 0.29) is 36.4 Å². The van der Waals surface area contributed by atoms with Crippen LogP contribution < -0.4 is 5.56 Å². The van der Waals surface area contributed by atoms with Gasteiger partial charge in [-0.3, -0.25) is 9.59 Å². The Kier molecular flexibility index (Phi) is 4.37. The van der Waals surface area contributed by atoms with Gasteiger partial charge in [0.15, 0.2) is 0 Å². The zero-order valence-corrected chi connectivity index (χ0v) is 16.1. The SMILES string of the molecule is CN(C)CCN1CC23CN(C(=O)c4ccc(=O)[nH]n4)C[C@@H](C[C@@H]2S1(=O)=O)O3. The monoisotopic (exact) mass is 397 g/mol. The summed E-state index contributed by atoms with van der Waals surface area (Å²) < 4.78 is 33.6. The van der Waals surface area contributed by atoms with Crippen LogP contribution in [0.25, 0.3) is 0 Å². The van der Waals surface area contributed by atoms with Crippen LogP contribution in [0.2, 0.25) is 0 Å². The van der Waals surface area contributed by atoms with E-state index in [0.717, 1.165) is 0 Å². The number of hydrogen-bond acceptors (Lipinski definition) is 7. The van der Waals surface area contributed by atoms with Crippen molar-refractivity contribution in [2.75, 3.05) is 46.8 Å². The fourth-order valence-corrected chi connectivity index (χ4v) is 6.54. The number of hydrogen-bond donors (Lipinski definition) is 1. The number of likely N-dealkylation sites (N-methyl/N-ethyl adjacent to an activating group) is 1. The van der Waals surface area contributed by atoms with E-state index in [1.165, 1.54) is 16.4 Å². The van der Waals surface area contributed by atoms with E-state index in [1.54, 1.807) is 4.90 Å². The Hall–Kier alpha value is -1.82. The van der Waals surface area contributed by atoms with Gasteiger partial charge in [0.1, 0.15) is 16.5 Å². The van der Waals surface area contributed by atoms with Crippen LogP contribution in [0.15, 0.2) is 16.9 Å². The average molecular weight is 397 g/mol. The van der Waals surface area contributed by atoms with Crippen LogP contribution >= 0.6 is 0 Å². The largest absolute Gasteiger partial charge is 0.365 e. The van der Waals surface area contributed by atoms with E-state index >= 15 is 0 Å². The molecule has 3 saturated heterocycles. The number of ether oxygens (including phenoxy) is 1. The van der Waals surface area contributed by atoms with Crippen LogP contribution in [-0.4, -0.2) is 102 Å². The summed E-state index contributed by atoms with van der Waals surface area (Å²) in [6.07, 6.45) is 0.0881. The van der Waals surface area contributed by atoms with E-state index in [9.17, 15) is 18.0 Å². The van der Waals surface area contributed by atoms with Crippen molar-refractivity contribution in [2.45, 2.75) is 23.4 Å². The molecule has 1 spiro atoms. The summed E-state index contributed by atoms with van der Waals surface area (Å²) in [5.74, 6) is -0.330. The number of nitrogens with zero attached hydrogens (tertiary/aromatic N) is 4. The maximum atomic E-state index is 13.0. The first kappa shape index (κ1) is 18.5. The van der Waals surface area contributed by atoms with Crippen molar-refractivity contribution >= 4 is 15.9 Å². The molecule has 1 aromatic rings. The van der Waals surface area contributed by atoms with E-state index in [1.807, 2.05) is 19.0 Å². The van der Waals surface area contributed by atoms with Crippen molar-refractivity contribution in [3.05, 3.63) is 28.2 Å². The molecule has 1 amide bonds. The number of sulfonamides is 1. The molecular formula is C16H23N5O5S. The van der Waals surface area contributed by atoms with Crippen molar-refractivity contribution < 1.29 is 17.9 Å². The summed E-state index contributed by atoms with van der Waals surface area (Å²) in [4.78, 5) is 27.5. The second kappa shape index (κ2) is 6.36. The first-order valence-corrected chi connectivity index (χ1v) is 10.4. The molecule has 10 nitrogen and oxygen atoms in total. The zero-order valence-electron chi connectivity index (χ0n) is 15.3. The van der Waals surface area contributed by atoms with Crippen molar-refractivity contribution in [2.24, 2.45) is 0 Å². The Morgan fingerprint density at radius 3 is 2.85 bits per heavy atom. The summed E-state index contributed by atoms with van der Waals surface area (Å²) >= 11 is 0. The molecule has 4 heterocycles. The average Bonchev–Trinajstić information content (AvgIpc) is 2.98. The fourth-order valence-electron chi connectivity index (χ4n) is 4.24. The highest BCUT2D eigenvalue weighted by atomic mass is 32.2. The van der Waals surface area contributed by atoms with Gasteiger partial charge in [-0.05, 0) is 26.6 Å². The Morgan fingerprint density at radius 1 is 1.41 bits per heavy atom. The van der Waals surface area contributed by atoms with E-state index in [4.69, 9.17) is 4.74 Å². The second-order valence-corrected chi connectivity index (χ2v) is 9.82. The minimum Gasteiger partial charge on any atom is -0.365 e. The number of rotatable bonds is 4. The smallest absolute Gasteiger partial charge is 0.274 e. The molecule has 1 aromatic heterocycles. The number of aromatic amines is 1. The van der Waals surface area contributed by atoms with Gasteiger partial charge in [0.25, 0.3) is 11.5 Å². The number of H-pyrrole nitrogens is 1. The second-order valence-electron chi connectivity index (χ2n) is 7.70. The lowest BCUT2D eigenvalue weighted by Gasteiger charge is -2.39. The predicted octanol–water partition coefficient (Wildman–Crippen LogP) is -1.67. The first-order valence-electron chi connectivity index (χ1n) is 8.88. The number of fused-ring (bicyclic) bond motifs is 1. The molecule has 3 atom stereocenters. The Labute approximate surface area is 157 Å². The Bertz CT molecular complexity index is 896. The number of morpholine rings is 1. The highest BCUT2D eigenvalue weighted by Gasteiger charge is 2.65. The van der Waals surface area contributed by atoms with E-state index < -0.39 is 20.9 Å². The third kappa shape index (κ3) is 3.08. The van der Waals surface area contributed by atoms with Gasteiger partial charge >= 0.3 is 0 Å². The lowest BCUT2D eigenvalue weighted by Crippen LogP contribution is -2.56. The van der Waals surface area contributed by atoms with Crippen LogP contribution in [0.1, 0.15) is 16.9 Å². The highest BCUT2D eigenvalue weighted by molar-refractivity contribution is 7.90. The van der Waals surface area contributed by atoms with Gasteiger partial charge < -0.3 is 14.5 Å². The number of aromatic nitrogens is 2. The Morgan fingerprint density at radius 2 is 2.19 bits per heavy atom. The van der Waals surface area contributed by atoms with Gasteiger partial charge in [-0.2, -0.15) is 9.40 Å². The van der Waals surface area contributed by atoms with Crippen LogP contribution in [-0.2, 0) is 14.8 Å². The number of amides is 1. The van der Waals surface area contributed by atoms with Crippen LogP contribution in [0.4, 0.5) is 0 Å². The van der Waals surface area contributed by atoms with Crippen LogP contribution in [0.5, 0.6) is 0 Å². The molecule has 148 valence electrons. The molecule has 11 heteroatoms. The maximum absolute atomic E-state index is 13.0. The van der Waals surface area contributed by atoms with Gasteiger partial charge in [-0.1, -0.05) is 0 Å². The summed E-state index contributed by atoms with van der Waals surface area (Å²) in [6.45, 7) is 1.80. The molecule has 0 aliphatic carbocycles. The minimum absolute atomic E-state index is 0.133.